The van der Waals surface area contributed by atoms with Crippen LogP contribution in [0.1, 0.15) is 49.8 Å². The number of unbranched alkanes of at least 4 members (excludes halogenated alkanes) is 2. The molecule has 2 heteroatoms. The SMILES string of the molecule is C#CC(OC(=O)CCCCC)c1ccc(C=C)cc1. The van der Waals surface area contributed by atoms with Gasteiger partial charge in [-0.25, -0.2) is 0 Å². The molecule has 1 aromatic carbocycles. The Balaban J connectivity index is 2.59. The Morgan fingerprint density at radius 2 is 2.11 bits per heavy atom. The van der Waals surface area contributed by atoms with E-state index < -0.39 is 6.10 Å². The lowest BCUT2D eigenvalue weighted by Gasteiger charge is -2.13. The summed E-state index contributed by atoms with van der Waals surface area (Å²) in [5.41, 5.74) is 1.82. The van der Waals surface area contributed by atoms with Crippen LogP contribution in [0.3, 0.4) is 0 Å². The van der Waals surface area contributed by atoms with E-state index in [1.54, 1.807) is 6.08 Å². The lowest BCUT2D eigenvalue weighted by Crippen LogP contribution is -2.09. The monoisotopic (exact) mass is 256 g/mol. The maximum atomic E-state index is 11.6. The van der Waals surface area contributed by atoms with Gasteiger partial charge in [0, 0.05) is 12.0 Å². The summed E-state index contributed by atoms with van der Waals surface area (Å²) in [6, 6.07) is 7.52. The fourth-order valence-corrected chi connectivity index (χ4v) is 1.71. The van der Waals surface area contributed by atoms with Crippen molar-refractivity contribution >= 4 is 12.0 Å². The summed E-state index contributed by atoms with van der Waals surface area (Å²) >= 11 is 0. The van der Waals surface area contributed by atoms with Crippen molar-refractivity contribution in [2.75, 3.05) is 0 Å². The Morgan fingerprint density at radius 1 is 1.42 bits per heavy atom. The molecule has 0 fully saturated rings. The number of ether oxygens (including phenoxy) is 1. The van der Waals surface area contributed by atoms with Gasteiger partial charge in [0.1, 0.15) is 0 Å². The molecule has 19 heavy (non-hydrogen) atoms. The molecule has 0 aromatic heterocycles. The lowest BCUT2D eigenvalue weighted by atomic mass is 10.1. The van der Waals surface area contributed by atoms with Crippen molar-refractivity contribution in [3.05, 3.63) is 42.0 Å². The van der Waals surface area contributed by atoms with Gasteiger partial charge in [-0.2, -0.15) is 0 Å². The van der Waals surface area contributed by atoms with E-state index in [1.807, 2.05) is 24.3 Å². The van der Waals surface area contributed by atoms with Gasteiger partial charge >= 0.3 is 5.97 Å². The minimum absolute atomic E-state index is 0.232. The molecule has 0 spiro atoms. The average molecular weight is 256 g/mol. The van der Waals surface area contributed by atoms with Crippen molar-refractivity contribution in [3.63, 3.8) is 0 Å². The maximum absolute atomic E-state index is 11.6. The Hall–Kier alpha value is -2.01. The second-order valence-electron chi connectivity index (χ2n) is 4.36. The second-order valence-corrected chi connectivity index (χ2v) is 4.36. The molecule has 100 valence electrons. The van der Waals surface area contributed by atoms with E-state index in [4.69, 9.17) is 11.2 Å². The standard InChI is InChI=1S/C17H20O2/c1-4-7-8-9-17(18)19-16(6-3)15-12-10-14(5-2)11-13-15/h3,5,10-13,16H,2,4,7-9H2,1H3. The summed E-state index contributed by atoms with van der Waals surface area (Å²) in [5, 5.41) is 0. The first-order valence-corrected chi connectivity index (χ1v) is 6.59. The smallest absolute Gasteiger partial charge is 0.307 e. The molecule has 2 nitrogen and oxygen atoms in total. The van der Waals surface area contributed by atoms with Crippen LogP contribution in [0.2, 0.25) is 0 Å². The summed E-state index contributed by atoms with van der Waals surface area (Å²) in [6.45, 7) is 5.78. The number of hydrogen-bond donors (Lipinski definition) is 0. The van der Waals surface area contributed by atoms with E-state index in [2.05, 4.69) is 19.4 Å². The zero-order valence-corrected chi connectivity index (χ0v) is 11.4. The van der Waals surface area contributed by atoms with Gasteiger partial charge in [-0.1, -0.05) is 62.6 Å². The minimum Gasteiger partial charge on any atom is -0.444 e. The molecule has 0 bridgehead atoms. The first-order valence-electron chi connectivity index (χ1n) is 6.59. The molecule has 1 rings (SSSR count). The average Bonchev–Trinajstić information content (AvgIpc) is 2.45. The zero-order chi connectivity index (χ0) is 14.1. The molecule has 0 heterocycles. The van der Waals surface area contributed by atoms with Crippen LogP contribution < -0.4 is 0 Å². The number of hydrogen-bond acceptors (Lipinski definition) is 2. The van der Waals surface area contributed by atoms with Gasteiger partial charge in [0.2, 0.25) is 0 Å². The molecule has 0 saturated carbocycles. The molecule has 0 aliphatic rings. The van der Waals surface area contributed by atoms with Crippen LogP contribution >= 0.6 is 0 Å². The first kappa shape index (κ1) is 15.0. The number of terminal acetylenes is 1. The molecular formula is C17H20O2. The third-order valence-corrected chi connectivity index (χ3v) is 2.86. The summed E-state index contributed by atoms with van der Waals surface area (Å²) in [7, 11) is 0. The van der Waals surface area contributed by atoms with Crippen LogP contribution in [-0.4, -0.2) is 5.97 Å². The van der Waals surface area contributed by atoms with Crippen molar-refractivity contribution in [3.8, 4) is 12.3 Å². The predicted molar refractivity (Wildman–Crippen MR) is 78.3 cm³/mol. The van der Waals surface area contributed by atoms with Crippen LogP contribution in [0.5, 0.6) is 0 Å². The van der Waals surface area contributed by atoms with Crippen molar-refractivity contribution in [2.45, 2.75) is 38.7 Å². The Kier molecular flexibility index (Phi) is 6.46. The predicted octanol–water partition coefficient (Wildman–Crippen LogP) is 4.13. The van der Waals surface area contributed by atoms with Crippen molar-refractivity contribution in [1.29, 1.82) is 0 Å². The molecule has 1 aromatic rings. The van der Waals surface area contributed by atoms with Gasteiger partial charge in [0.05, 0.1) is 0 Å². The summed E-state index contributed by atoms with van der Waals surface area (Å²) < 4.78 is 5.30. The lowest BCUT2D eigenvalue weighted by molar-refractivity contribution is -0.146. The molecule has 1 unspecified atom stereocenters. The topological polar surface area (TPSA) is 26.3 Å². The van der Waals surface area contributed by atoms with E-state index in [0.29, 0.717) is 6.42 Å². The molecule has 0 aliphatic carbocycles. The molecule has 0 aliphatic heterocycles. The normalized spacial score (nSPS) is 11.4. The van der Waals surface area contributed by atoms with Crippen molar-refractivity contribution < 1.29 is 9.53 Å². The zero-order valence-electron chi connectivity index (χ0n) is 11.4. The van der Waals surface area contributed by atoms with Crippen LogP contribution in [0, 0.1) is 12.3 Å². The summed E-state index contributed by atoms with van der Waals surface area (Å²) in [4.78, 5) is 11.6. The van der Waals surface area contributed by atoms with Gasteiger partial charge in [0.15, 0.2) is 6.10 Å². The van der Waals surface area contributed by atoms with Gasteiger partial charge < -0.3 is 4.74 Å². The van der Waals surface area contributed by atoms with Crippen molar-refractivity contribution in [1.82, 2.24) is 0 Å². The molecule has 0 radical (unpaired) electrons. The Morgan fingerprint density at radius 3 is 2.63 bits per heavy atom. The highest BCUT2D eigenvalue weighted by Gasteiger charge is 2.13. The highest BCUT2D eigenvalue weighted by atomic mass is 16.5. The highest BCUT2D eigenvalue weighted by Crippen LogP contribution is 2.19. The Bertz CT molecular complexity index is 451. The van der Waals surface area contributed by atoms with Crippen LogP contribution in [0.15, 0.2) is 30.8 Å². The Labute approximate surface area is 115 Å². The third-order valence-electron chi connectivity index (χ3n) is 2.86. The summed E-state index contributed by atoms with van der Waals surface area (Å²) in [5.74, 6) is 2.28. The van der Waals surface area contributed by atoms with E-state index >= 15 is 0 Å². The maximum Gasteiger partial charge on any atom is 0.307 e. The van der Waals surface area contributed by atoms with Gasteiger partial charge in [-0.05, 0) is 12.0 Å². The van der Waals surface area contributed by atoms with Crippen LogP contribution in [-0.2, 0) is 9.53 Å². The quantitative estimate of drug-likeness (QED) is 0.416. The van der Waals surface area contributed by atoms with Gasteiger partial charge in [-0.15, -0.1) is 6.42 Å². The number of carbonyl (C=O) groups excluding carboxylic acids is 1. The number of esters is 1. The number of benzene rings is 1. The van der Waals surface area contributed by atoms with Crippen LogP contribution in [0.25, 0.3) is 6.08 Å². The molecular weight excluding hydrogens is 236 g/mol. The van der Waals surface area contributed by atoms with E-state index in [-0.39, 0.29) is 5.97 Å². The fraction of sp³-hybridized carbons (Fsp3) is 0.353. The number of rotatable bonds is 7. The van der Waals surface area contributed by atoms with E-state index in [0.717, 1.165) is 30.4 Å². The first-order chi connectivity index (χ1) is 9.21. The van der Waals surface area contributed by atoms with Gasteiger partial charge in [0.25, 0.3) is 0 Å². The van der Waals surface area contributed by atoms with Gasteiger partial charge in [-0.3, -0.25) is 4.79 Å². The molecule has 0 amide bonds. The van der Waals surface area contributed by atoms with E-state index in [9.17, 15) is 4.79 Å². The molecule has 0 N–H and O–H groups in total. The highest BCUT2D eigenvalue weighted by molar-refractivity contribution is 5.70. The fourth-order valence-electron chi connectivity index (χ4n) is 1.71. The van der Waals surface area contributed by atoms with Crippen LogP contribution in [0.4, 0.5) is 0 Å². The minimum atomic E-state index is -0.604. The largest absolute Gasteiger partial charge is 0.444 e. The molecule has 0 saturated heterocycles. The number of carbonyl (C=O) groups is 1. The van der Waals surface area contributed by atoms with Crippen molar-refractivity contribution in [2.24, 2.45) is 0 Å². The molecule has 1 atom stereocenters. The van der Waals surface area contributed by atoms with E-state index in [1.165, 1.54) is 0 Å². The second kappa shape index (κ2) is 8.16. The summed E-state index contributed by atoms with van der Waals surface area (Å²) in [6.07, 6.45) is 9.97. The third kappa shape index (κ3) is 5.01.